The number of aromatic amines is 1. The van der Waals surface area contributed by atoms with Crippen molar-refractivity contribution in [2.24, 2.45) is 0 Å². The summed E-state index contributed by atoms with van der Waals surface area (Å²) >= 11 is 3.38. The minimum atomic E-state index is -1.11. The van der Waals surface area contributed by atoms with Crippen LogP contribution in [-0.2, 0) is 22.6 Å². The van der Waals surface area contributed by atoms with Crippen molar-refractivity contribution in [2.75, 3.05) is 24.3 Å². The normalized spacial score (nSPS) is 10.8. The molecule has 5 aromatic rings. The number of nitrogens with zero attached hydrogens (tertiary/aromatic N) is 1. The second-order valence-corrected chi connectivity index (χ2v) is 10.7. The molecule has 5 rings (SSSR count). The molecule has 4 aromatic carbocycles. The summed E-state index contributed by atoms with van der Waals surface area (Å²) in [6.45, 7) is -0.0778. The third kappa shape index (κ3) is 7.39. The van der Waals surface area contributed by atoms with E-state index in [4.69, 9.17) is 9.84 Å². The van der Waals surface area contributed by atoms with Gasteiger partial charge < -0.3 is 30.8 Å². The molecule has 12 heteroatoms. The number of nitrogens with one attached hydrogen (secondary N) is 4. The van der Waals surface area contributed by atoms with Crippen molar-refractivity contribution < 1.29 is 28.6 Å². The third-order valence-corrected chi connectivity index (χ3v) is 7.32. The molecule has 0 aliphatic rings. The number of fused-ring (bicyclic) bond motifs is 1. The highest BCUT2D eigenvalue weighted by molar-refractivity contribution is 9.10. The van der Waals surface area contributed by atoms with Crippen LogP contribution in [0.3, 0.4) is 0 Å². The van der Waals surface area contributed by atoms with Gasteiger partial charge in [-0.25, -0.2) is 9.37 Å². The number of halogens is 2. The number of carboxylic acids is 1. The molecule has 0 saturated heterocycles. The molecular weight excluding hydrogens is 633 g/mol. The van der Waals surface area contributed by atoms with Gasteiger partial charge in [-0.3, -0.25) is 14.4 Å². The molecule has 2 amide bonds. The van der Waals surface area contributed by atoms with Gasteiger partial charge in [0.2, 0.25) is 5.91 Å². The van der Waals surface area contributed by atoms with Gasteiger partial charge in [-0.2, -0.15) is 0 Å². The van der Waals surface area contributed by atoms with E-state index < -0.39 is 24.2 Å². The zero-order valence-electron chi connectivity index (χ0n) is 23.4. The van der Waals surface area contributed by atoms with Crippen LogP contribution in [0.5, 0.6) is 5.75 Å². The summed E-state index contributed by atoms with van der Waals surface area (Å²) in [4.78, 5) is 42.9. The summed E-state index contributed by atoms with van der Waals surface area (Å²) in [7, 11) is 1.56. The van der Waals surface area contributed by atoms with Gasteiger partial charge in [0, 0.05) is 23.4 Å². The van der Waals surface area contributed by atoms with Crippen LogP contribution in [0, 0.1) is 5.82 Å². The first-order valence-electron chi connectivity index (χ1n) is 13.4. The predicted molar refractivity (Wildman–Crippen MR) is 168 cm³/mol. The zero-order valence-corrected chi connectivity index (χ0v) is 25.0. The Morgan fingerprint density at radius 3 is 2.45 bits per heavy atom. The van der Waals surface area contributed by atoms with Crippen LogP contribution in [0.25, 0.3) is 22.4 Å². The fraction of sp³-hybridized carbons (Fsp3) is 0.125. The zero-order chi connectivity index (χ0) is 31.2. The SMILES string of the molecule is COc1ccc(C(=O)Nc2ccc(CNc3ccc(-c4nc5ccc(CC(=O)NCC(=O)O)cc5[nH]4)cc3F)cc2)cc1Br. The molecule has 5 N–H and O–H groups in total. The molecule has 0 aliphatic heterocycles. The molecule has 1 aromatic heterocycles. The standard InChI is InChI=1S/C32H27BrFN5O5/c1-44-28-11-6-21(14-23(28)33)32(43)37-22-7-2-18(3-8-22)16-35-25-10-5-20(15-24(25)34)31-38-26-9-4-19(12-27(26)39-31)13-29(40)36-17-30(41)42/h2-12,14-15,35H,13,16-17H2,1H3,(H,36,40)(H,37,43)(H,38,39)(H,41,42). The van der Waals surface area contributed by atoms with Crippen molar-refractivity contribution in [3.63, 3.8) is 0 Å². The lowest BCUT2D eigenvalue weighted by Gasteiger charge is -2.10. The Bertz CT molecular complexity index is 1860. The molecule has 0 fully saturated rings. The maximum Gasteiger partial charge on any atom is 0.322 e. The number of carboxylic acid groups (broad SMARTS) is 1. The number of hydrogen-bond donors (Lipinski definition) is 5. The summed E-state index contributed by atoms with van der Waals surface area (Å²) in [6, 6.07) is 22.3. The van der Waals surface area contributed by atoms with Crippen LogP contribution >= 0.6 is 15.9 Å². The van der Waals surface area contributed by atoms with Crippen molar-refractivity contribution in [3.8, 4) is 17.1 Å². The Balaban J connectivity index is 1.18. The number of carbonyl (C=O) groups is 3. The molecule has 0 aliphatic carbocycles. The van der Waals surface area contributed by atoms with Gasteiger partial charge in [-0.05, 0) is 87.7 Å². The molecule has 10 nitrogen and oxygen atoms in total. The number of anilines is 2. The van der Waals surface area contributed by atoms with Crippen molar-refractivity contribution in [2.45, 2.75) is 13.0 Å². The monoisotopic (exact) mass is 659 g/mol. The molecule has 0 saturated carbocycles. The van der Waals surface area contributed by atoms with E-state index in [0.717, 1.165) is 5.56 Å². The highest BCUT2D eigenvalue weighted by atomic mass is 79.9. The summed E-state index contributed by atoms with van der Waals surface area (Å²) in [5.74, 6) is -1.12. The predicted octanol–water partition coefficient (Wildman–Crippen LogP) is 5.75. The summed E-state index contributed by atoms with van der Waals surface area (Å²) < 4.78 is 20.9. The quantitative estimate of drug-likeness (QED) is 0.121. The highest BCUT2D eigenvalue weighted by Crippen LogP contribution is 2.27. The summed E-state index contributed by atoms with van der Waals surface area (Å²) in [6.07, 6.45) is 0.0196. The van der Waals surface area contributed by atoms with E-state index in [-0.39, 0.29) is 12.3 Å². The molecule has 0 radical (unpaired) electrons. The van der Waals surface area contributed by atoms with E-state index in [1.54, 1.807) is 67.8 Å². The van der Waals surface area contributed by atoms with Crippen molar-refractivity contribution >= 4 is 56.1 Å². The number of hydrogen-bond acceptors (Lipinski definition) is 6. The molecule has 224 valence electrons. The third-order valence-electron chi connectivity index (χ3n) is 6.70. The molecule has 0 atom stereocenters. The average Bonchev–Trinajstić information content (AvgIpc) is 3.43. The van der Waals surface area contributed by atoms with Crippen LogP contribution < -0.4 is 20.7 Å². The second-order valence-electron chi connectivity index (χ2n) is 9.83. The number of ether oxygens (including phenoxy) is 1. The fourth-order valence-electron chi connectivity index (χ4n) is 4.45. The second kappa shape index (κ2) is 13.4. The Hall–Kier alpha value is -5.23. The molecule has 1 heterocycles. The summed E-state index contributed by atoms with van der Waals surface area (Å²) in [5.41, 5.74) is 4.87. The first-order valence-corrected chi connectivity index (χ1v) is 14.2. The average molecular weight is 661 g/mol. The van der Waals surface area contributed by atoms with Crippen molar-refractivity contribution in [1.82, 2.24) is 15.3 Å². The highest BCUT2D eigenvalue weighted by Gasteiger charge is 2.12. The van der Waals surface area contributed by atoms with Crippen LogP contribution in [0.15, 0.2) is 83.3 Å². The molecule has 44 heavy (non-hydrogen) atoms. The van der Waals surface area contributed by atoms with E-state index in [9.17, 15) is 14.4 Å². The Morgan fingerprint density at radius 1 is 0.977 bits per heavy atom. The van der Waals surface area contributed by atoms with Crippen LogP contribution in [0.2, 0.25) is 0 Å². The number of amides is 2. The number of aromatic nitrogens is 2. The molecule has 0 unspecified atom stereocenters. The number of rotatable bonds is 11. The maximum atomic E-state index is 15.0. The van der Waals surface area contributed by atoms with Gasteiger partial charge in [-0.1, -0.05) is 18.2 Å². The van der Waals surface area contributed by atoms with Crippen LogP contribution in [0.4, 0.5) is 15.8 Å². The lowest BCUT2D eigenvalue weighted by molar-refractivity contribution is -0.137. The minimum absolute atomic E-state index is 0.0196. The molecule has 0 bridgehead atoms. The van der Waals surface area contributed by atoms with Gasteiger partial charge >= 0.3 is 5.97 Å². The first-order chi connectivity index (χ1) is 21.2. The number of aliphatic carboxylic acids is 1. The molecule has 0 spiro atoms. The summed E-state index contributed by atoms with van der Waals surface area (Å²) in [5, 5.41) is 17.0. The number of H-pyrrole nitrogens is 1. The van der Waals surface area contributed by atoms with Crippen molar-refractivity contribution in [3.05, 3.63) is 106 Å². The van der Waals surface area contributed by atoms with Gasteiger partial charge in [0.1, 0.15) is 23.9 Å². The van der Waals surface area contributed by atoms with Gasteiger partial charge in [-0.15, -0.1) is 0 Å². The Labute approximate surface area is 259 Å². The van der Waals surface area contributed by atoms with Crippen LogP contribution in [0.1, 0.15) is 21.5 Å². The minimum Gasteiger partial charge on any atom is -0.496 e. The smallest absolute Gasteiger partial charge is 0.322 e. The Kier molecular flexibility index (Phi) is 9.20. The number of carbonyl (C=O) groups excluding carboxylic acids is 2. The van der Waals surface area contributed by atoms with Crippen LogP contribution in [-0.4, -0.2) is 46.5 Å². The van der Waals surface area contributed by atoms with E-state index in [2.05, 4.69) is 41.8 Å². The largest absolute Gasteiger partial charge is 0.496 e. The lowest BCUT2D eigenvalue weighted by Crippen LogP contribution is -2.30. The van der Waals surface area contributed by atoms with E-state index in [1.807, 2.05) is 12.1 Å². The maximum absolute atomic E-state index is 15.0. The van der Waals surface area contributed by atoms with E-state index >= 15 is 4.39 Å². The number of methoxy groups -OCH3 is 1. The van der Waals surface area contributed by atoms with E-state index in [0.29, 0.717) is 61.7 Å². The topological polar surface area (TPSA) is 145 Å². The first kappa shape index (κ1) is 30.2. The Morgan fingerprint density at radius 2 is 1.75 bits per heavy atom. The van der Waals surface area contributed by atoms with E-state index in [1.165, 1.54) is 6.07 Å². The number of benzene rings is 4. The fourth-order valence-corrected chi connectivity index (χ4v) is 4.99. The molecular formula is C32H27BrFN5O5. The number of imidazole rings is 1. The van der Waals surface area contributed by atoms with Gasteiger partial charge in [0.15, 0.2) is 0 Å². The lowest BCUT2D eigenvalue weighted by atomic mass is 10.1. The van der Waals surface area contributed by atoms with Crippen molar-refractivity contribution in [1.29, 1.82) is 0 Å². The van der Waals surface area contributed by atoms with Gasteiger partial charge in [0.05, 0.1) is 34.7 Å². The van der Waals surface area contributed by atoms with Gasteiger partial charge in [0.25, 0.3) is 5.91 Å².